The monoisotopic (exact) mass is 216 g/mol. The van der Waals surface area contributed by atoms with Gasteiger partial charge < -0.3 is 4.90 Å². The molecular formula is C11H24N2O2. The maximum Gasteiger partial charge on any atom is 0.241 e. The Labute approximate surface area is 92.9 Å². The lowest BCUT2D eigenvalue weighted by Crippen LogP contribution is -2.46. The van der Waals surface area contributed by atoms with Gasteiger partial charge in [0.15, 0.2) is 0 Å². The van der Waals surface area contributed by atoms with E-state index in [-0.39, 0.29) is 17.6 Å². The average molecular weight is 216 g/mol. The molecule has 0 saturated heterocycles. The van der Waals surface area contributed by atoms with Gasteiger partial charge in [0.2, 0.25) is 5.91 Å². The molecule has 0 radical (unpaired) electrons. The summed E-state index contributed by atoms with van der Waals surface area (Å²) >= 11 is 0. The molecule has 1 N–H and O–H groups in total. The van der Waals surface area contributed by atoms with E-state index < -0.39 is 0 Å². The molecule has 0 saturated carbocycles. The van der Waals surface area contributed by atoms with E-state index in [4.69, 9.17) is 4.84 Å². The molecule has 0 heterocycles. The van der Waals surface area contributed by atoms with Gasteiger partial charge in [0.25, 0.3) is 0 Å². The summed E-state index contributed by atoms with van der Waals surface area (Å²) in [5, 5.41) is 0. The zero-order valence-corrected chi connectivity index (χ0v) is 10.8. The zero-order valence-electron chi connectivity index (χ0n) is 10.8. The number of nitrogens with one attached hydrogen (secondary N) is 1. The van der Waals surface area contributed by atoms with Crippen molar-refractivity contribution in [2.24, 2.45) is 0 Å². The first-order valence-electron chi connectivity index (χ1n) is 5.54. The van der Waals surface area contributed by atoms with E-state index in [1.165, 1.54) is 0 Å². The Hall–Kier alpha value is -0.610. The second kappa shape index (κ2) is 6.08. The molecule has 1 atom stereocenters. The highest BCUT2D eigenvalue weighted by atomic mass is 16.7. The lowest BCUT2D eigenvalue weighted by atomic mass is 10.2. The Bertz CT molecular complexity index is 195. The predicted molar refractivity (Wildman–Crippen MR) is 61.4 cm³/mol. The quantitative estimate of drug-likeness (QED) is 0.709. The third-order valence-corrected chi connectivity index (χ3v) is 1.99. The van der Waals surface area contributed by atoms with Gasteiger partial charge in [-0.1, -0.05) is 0 Å². The second-order valence-corrected chi connectivity index (χ2v) is 4.56. The van der Waals surface area contributed by atoms with Gasteiger partial charge in [-0.3, -0.25) is 9.63 Å². The van der Waals surface area contributed by atoms with Crippen LogP contribution in [0, 0.1) is 0 Å². The number of amides is 1. The zero-order chi connectivity index (χ0) is 12.1. The molecule has 1 unspecified atom stereocenters. The van der Waals surface area contributed by atoms with Gasteiger partial charge in [-0.05, 0) is 41.5 Å². The summed E-state index contributed by atoms with van der Waals surface area (Å²) in [6, 6.07) is -0.302. The highest BCUT2D eigenvalue weighted by molar-refractivity contribution is 5.81. The van der Waals surface area contributed by atoms with Crippen molar-refractivity contribution in [2.75, 3.05) is 13.1 Å². The number of hydrogen-bond donors (Lipinski definition) is 1. The molecule has 0 fully saturated rings. The van der Waals surface area contributed by atoms with Crippen molar-refractivity contribution in [3.05, 3.63) is 0 Å². The summed E-state index contributed by atoms with van der Waals surface area (Å²) in [7, 11) is 0. The molecule has 1 amide bonds. The van der Waals surface area contributed by atoms with Gasteiger partial charge in [-0.2, -0.15) is 5.48 Å². The van der Waals surface area contributed by atoms with Crippen LogP contribution < -0.4 is 5.48 Å². The summed E-state index contributed by atoms with van der Waals surface area (Å²) in [6.07, 6.45) is 0. The minimum atomic E-state index is -0.302. The van der Waals surface area contributed by atoms with Crippen LogP contribution in [0.3, 0.4) is 0 Å². The van der Waals surface area contributed by atoms with Crippen LogP contribution >= 0.6 is 0 Å². The van der Waals surface area contributed by atoms with E-state index in [9.17, 15) is 4.79 Å². The Kier molecular flexibility index (Phi) is 5.83. The van der Waals surface area contributed by atoms with E-state index in [0.29, 0.717) is 0 Å². The topological polar surface area (TPSA) is 41.6 Å². The minimum absolute atomic E-state index is 0.0734. The molecular weight excluding hydrogens is 192 g/mol. The number of likely N-dealkylation sites (N-methyl/N-ethyl adjacent to an activating group) is 1. The van der Waals surface area contributed by atoms with Gasteiger partial charge in [0.05, 0.1) is 5.60 Å². The maximum atomic E-state index is 11.8. The predicted octanol–water partition coefficient (Wildman–Crippen LogP) is 1.56. The molecule has 4 nitrogen and oxygen atoms in total. The van der Waals surface area contributed by atoms with E-state index in [2.05, 4.69) is 5.48 Å². The normalized spacial score (nSPS) is 13.7. The molecule has 0 rings (SSSR count). The smallest absolute Gasteiger partial charge is 0.241 e. The van der Waals surface area contributed by atoms with E-state index in [0.717, 1.165) is 13.1 Å². The van der Waals surface area contributed by atoms with Crippen molar-refractivity contribution in [1.29, 1.82) is 0 Å². The third kappa shape index (κ3) is 5.74. The van der Waals surface area contributed by atoms with Crippen LogP contribution in [0.25, 0.3) is 0 Å². The molecule has 0 aliphatic rings. The third-order valence-electron chi connectivity index (χ3n) is 1.99. The Morgan fingerprint density at radius 3 is 2.13 bits per heavy atom. The van der Waals surface area contributed by atoms with Crippen LogP contribution in [0.15, 0.2) is 0 Å². The summed E-state index contributed by atoms with van der Waals surface area (Å²) in [5.41, 5.74) is 2.50. The Morgan fingerprint density at radius 1 is 1.33 bits per heavy atom. The fourth-order valence-electron chi connectivity index (χ4n) is 1.12. The van der Waals surface area contributed by atoms with Crippen LogP contribution in [0.1, 0.15) is 41.5 Å². The van der Waals surface area contributed by atoms with Gasteiger partial charge in [0, 0.05) is 13.1 Å². The molecule has 0 aliphatic carbocycles. The molecule has 0 bridgehead atoms. The van der Waals surface area contributed by atoms with E-state index >= 15 is 0 Å². The van der Waals surface area contributed by atoms with Crippen molar-refractivity contribution in [2.45, 2.75) is 53.2 Å². The maximum absolute atomic E-state index is 11.8. The van der Waals surface area contributed by atoms with Crippen LogP contribution in [0.5, 0.6) is 0 Å². The highest BCUT2D eigenvalue weighted by Crippen LogP contribution is 2.05. The van der Waals surface area contributed by atoms with E-state index in [1.807, 2.05) is 41.5 Å². The summed E-state index contributed by atoms with van der Waals surface area (Å²) in [5.74, 6) is 0.0734. The van der Waals surface area contributed by atoms with Crippen molar-refractivity contribution in [1.82, 2.24) is 10.4 Å². The molecule has 0 aromatic carbocycles. The fourth-order valence-corrected chi connectivity index (χ4v) is 1.12. The van der Waals surface area contributed by atoms with Crippen molar-refractivity contribution >= 4 is 5.91 Å². The number of nitrogens with zero attached hydrogens (tertiary/aromatic N) is 1. The summed E-state index contributed by atoms with van der Waals surface area (Å²) < 4.78 is 0. The Morgan fingerprint density at radius 2 is 1.80 bits per heavy atom. The first-order chi connectivity index (χ1) is 6.81. The minimum Gasteiger partial charge on any atom is -0.342 e. The first kappa shape index (κ1) is 14.4. The largest absolute Gasteiger partial charge is 0.342 e. The number of hydrogen-bond acceptors (Lipinski definition) is 3. The fraction of sp³-hybridized carbons (Fsp3) is 0.909. The van der Waals surface area contributed by atoms with Gasteiger partial charge in [0.1, 0.15) is 6.04 Å². The molecule has 0 aromatic heterocycles. The van der Waals surface area contributed by atoms with Crippen molar-refractivity contribution in [3.8, 4) is 0 Å². The number of carbonyl (C=O) groups excluding carboxylic acids is 1. The van der Waals surface area contributed by atoms with Gasteiger partial charge in [-0.25, -0.2) is 0 Å². The van der Waals surface area contributed by atoms with Crippen LogP contribution in [0.4, 0.5) is 0 Å². The van der Waals surface area contributed by atoms with Gasteiger partial charge in [-0.15, -0.1) is 0 Å². The number of rotatable bonds is 5. The Balaban J connectivity index is 4.09. The lowest BCUT2D eigenvalue weighted by Gasteiger charge is -2.26. The van der Waals surface area contributed by atoms with Crippen molar-refractivity contribution in [3.63, 3.8) is 0 Å². The molecule has 90 valence electrons. The molecule has 0 aliphatic heterocycles. The van der Waals surface area contributed by atoms with Crippen LogP contribution in [-0.2, 0) is 9.63 Å². The summed E-state index contributed by atoms with van der Waals surface area (Å²) in [4.78, 5) is 18.9. The standard InChI is InChI=1S/C11H24N2O2/c1-7-13(8-2)10(14)9(3)12-15-11(4,5)6/h9,12H,7-8H2,1-6H3. The molecule has 15 heavy (non-hydrogen) atoms. The van der Waals surface area contributed by atoms with Crippen LogP contribution in [-0.4, -0.2) is 35.5 Å². The lowest BCUT2D eigenvalue weighted by molar-refractivity contribution is -0.142. The van der Waals surface area contributed by atoms with Crippen LogP contribution in [0.2, 0.25) is 0 Å². The van der Waals surface area contributed by atoms with E-state index in [1.54, 1.807) is 4.90 Å². The second-order valence-electron chi connectivity index (χ2n) is 4.56. The number of carbonyl (C=O) groups is 1. The number of hydroxylamine groups is 1. The van der Waals surface area contributed by atoms with Gasteiger partial charge >= 0.3 is 0 Å². The SMILES string of the molecule is CCN(CC)C(=O)C(C)NOC(C)(C)C. The van der Waals surface area contributed by atoms with Crippen molar-refractivity contribution < 1.29 is 9.63 Å². The molecule has 4 heteroatoms. The first-order valence-corrected chi connectivity index (χ1v) is 5.54. The average Bonchev–Trinajstić information content (AvgIpc) is 2.14. The summed E-state index contributed by atoms with van der Waals surface area (Å²) in [6.45, 7) is 13.0. The molecule has 0 spiro atoms. The molecule has 0 aromatic rings. The highest BCUT2D eigenvalue weighted by Gasteiger charge is 2.20.